The summed E-state index contributed by atoms with van der Waals surface area (Å²) in [5, 5.41) is 4.29. The molecule has 2 N–H and O–H groups in total. The van der Waals surface area contributed by atoms with E-state index in [2.05, 4.69) is 26.2 Å². The molecule has 0 saturated heterocycles. The number of rotatable bonds is 2. The predicted molar refractivity (Wildman–Crippen MR) is 105 cm³/mol. The summed E-state index contributed by atoms with van der Waals surface area (Å²) in [5.74, 6) is 0.638. The van der Waals surface area contributed by atoms with Gasteiger partial charge >= 0.3 is 0 Å². The Hall–Kier alpha value is -2.24. The highest BCUT2D eigenvalue weighted by molar-refractivity contribution is 9.10. The fraction of sp³-hybridized carbons (Fsp3) is 0.105. The Balaban J connectivity index is 1.94. The topological polar surface area (TPSA) is 54.1 Å². The van der Waals surface area contributed by atoms with E-state index in [1.807, 2.05) is 43.3 Å². The molecule has 0 aliphatic carbocycles. The standard InChI is InChI=1S/C19H14BrClN2O2/c1-9-5-16-12(8-17(9)25-2)13(18(21)22-16)7-14-11-6-10(20)3-4-15(11)23-19(14)24/h3-8,22H,1-2H3,(H,23,24)/b14-7+. The number of carbonyl (C=O) groups is 1. The Bertz CT molecular complexity index is 1070. The van der Waals surface area contributed by atoms with Gasteiger partial charge in [0.05, 0.1) is 7.11 Å². The van der Waals surface area contributed by atoms with E-state index >= 15 is 0 Å². The molecule has 0 bridgehead atoms. The monoisotopic (exact) mass is 416 g/mol. The van der Waals surface area contributed by atoms with Crippen molar-refractivity contribution in [2.75, 3.05) is 12.4 Å². The highest BCUT2D eigenvalue weighted by atomic mass is 79.9. The van der Waals surface area contributed by atoms with E-state index in [0.717, 1.165) is 43.5 Å². The SMILES string of the molecule is COc1cc2c(/C=C3/C(=O)Nc4ccc(Br)cc43)c(Cl)[nH]c2cc1C. The molecule has 3 aromatic rings. The number of H-pyrrole nitrogens is 1. The highest BCUT2D eigenvalue weighted by Crippen LogP contribution is 2.38. The van der Waals surface area contributed by atoms with Gasteiger partial charge < -0.3 is 15.0 Å². The molecule has 0 unspecified atom stereocenters. The molecule has 1 aliphatic heterocycles. The van der Waals surface area contributed by atoms with Gasteiger partial charge in [-0.05, 0) is 48.9 Å². The second kappa shape index (κ2) is 5.93. The molecule has 0 spiro atoms. The van der Waals surface area contributed by atoms with Crippen LogP contribution in [-0.2, 0) is 4.79 Å². The van der Waals surface area contributed by atoms with Gasteiger partial charge in [0.25, 0.3) is 5.91 Å². The van der Waals surface area contributed by atoms with Crippen LogP contribution in [0.15, 0.2) is 34.8 Å². The molecular weight excluding hydrogens is 404 g/mol. The molecule has 0 fully saturated rings. The van der Waals surface area contributed by atoms with Crippen LogP contribution in [-0.4, -0.2) is 18.0 Å². The zero-order valence-electron chi connectivity index (χ0n) is 13.5. The molecule has 0 radical (unpaired) electrons. The Morgan fingerprint density at radius 2 is 2.04 bits per heavy atom. The molecule has 2 aromatic carbocycles. The lowest BCUT2D eigenvalue weighted by Crippen LogP contribution is -2.03. The summed E-state index contributed by atoms with van der Waals surface area (Å²) in [6, 6.07) is 9.62. The van der Waals surface area contributed by atoms with E-state index in [-0.39, 0.29) is 5.91 Å². The largest absolute Gasteiger partial charge is 0.496 e. The average Bonchev–Trinajstić information content (AvgIpc) is 3.04. The first-order chi connectivity index (χ1) is 12.0. The second-order valence-electron chi connectivity index (χ2n) is 5.92. The zero-order valence-corrected chi connectivity index (χ0v) is 15.9. The number of aromatic nitrogens is 1. The third-order valence-corrected chi connectivity index (χ3v) is 5.15. The van der Waals surface area contributed by atoms with Crippen LogP contribution in [0.5, 0.6) is 5.75 Å². The number of halogens is 2. The molecule has 126 valence electrons. The number of amides is 1. The molecule has 2 heterocycles. The summed E-state index contributed by atoms with van der Waals surface area (Å²) in [6.45, 7) is 1.98. The van der Waals surface area contributed by atoms with Gasteiger partial charge in [-0.1, -0.05) is 27.5 Å². The van der Waals surface area contributed by atoms with Crippen molar-refractivity contribution in [1.29, 1.82) is 0 Å². The Morgan fingerprint density at radius 3 is 2.80 bits per heavy atom. The van der Waals surface area contributed by atoms with Crippen molar-refractivity contribution in [1.82, 2.24) is 4.98 Å². The van der Waals surface area contributed by atoms with Gasteiger partial charge in [-0.25, -0.2) is 0 Å². The van der Waals surface area contributed by atoms with E-state index in [1.165, 1.54) is 0 Å². The van der Waals surface area contributed by atoms with Crippen LogP contribution in [0.3, 0.4) is 0 Å². The number of anilines is 1. The Morgan fingerprint density at radius 1 is 1.24 bits per heavy atom. The Labute approximate surface area is 158 Å². The van der Waals surface area contributed by atoms with E-state index in [9.17, 15) is 4.79 Å². The van der Waals surface area contributed by atoms with E-state index in [4.69, 9.17) is 16.3 Å². The van der Waals surface area contributed by atoms with Crippen LogP contribution in [0.25, 0.3) is 22.6 Å². The lowest BCUT2D eigenvalue weighted by atomic mass is 10.0. The highest BCUT2D eigenvalue weighted by Gasteiger charge is 2.25. The predicted octanol–water partition coefficient (Wildman–Crippen LogP) is 5.39. The number of ether oxygens (including phenoxy) is 1. The molecular formula is C19H14BrClN2O2. The van der Waals surface area contributed by atoms with Crippen molar-refractivity contribution >= 4 is 61.7 Å². The minimum atomic E-state index is -0.141. The summed E-state index contributed by atoms with van der Waals surface area (Å²) < 4.78 is 6.33. The summed E-state index contributed by atoms with van der Waals surface area (Å²) >= 11 is 9.87. The molecule has 1 amide bonds. The van der Waals surface area contributed by atoms with Crippen LogP contribution in [0.4, 0.5) is 5.69 Å². The molecule has 0 atom stereocenters. The second-order valence-corrected chi connectivity index (χ2v) is 7.22. The third-order valence-electron chi connectivity index (χ3n) is 4.36. The van der Waals surface area contributed by atoms with Crippen molar-refractivity contribution in [2.24, 2.45) is 0 Å². The molecule has 0 saturated carbocycles. The van der Waals surface area contributed by atoms with Crippen LogP contribution in [0.1, 0.15) is 16.7 Å². The van der Waals surface area contributed by atoms with E-state index in [1.54, 1.807) is 7.11 Å². The number of methoxy groups -OCH3 is 1. The van der Waals surface area contributed by atoms with Gasteiger partial charge in [0, 0.05) is 37.8 Å². The van der Waals surface area contributed by atoms with Crippen molar-refractivity contribution < 1.29 is 9.53 Å². The number of aromatic amines is 1. The molecule has 6 heteroatoms. The number of carbonyl (C=O) groups excluding carboxylic acids is 1. The van der Waals surface area contributed by atoms with E-state index < -0.39 is 0 Å². The maximum Gasteiger partial charge on any atom is 0.256 e. The van der Waals surface area contributed by atoms with Crippen LogP contribution < -0.4 is 10.1 Å². The number of aryl methyl sites for hydroxylation is 1. The average molecular weight is 418 g/mol. The number of fused-ring (bicyclic) bond motifs is 2. The van der Waals surface area contributed by atoms with Crippen molar-refractivity contribution in [3.05, 3.63) is 56.6 Å². The van der Waals surface area contributed by atoms with Crippen LogP contribution in [0, 0.1) is 6.92 Å². The minimum absolute atomic E-state index is 0.141. The minimum Gasteiger partial charge on any atom is -0.496 e. The number of hydrogen-bond donors (Lipinski definition) is 2. The van der Waals surface area contributed by atoms with Crippen molar-refractivity contribution in [2.45, 2.75) is 6.92 Å². The van der Waals surface area contributed by atoms with Gasteiger partial charge in [0.1, 0.15) is 10.9 Å². The Kier molecular flexibility index (Phi) is 3.85. The van der Waals surface area contributed by atoms with Crippen molar-refractivity contribution in [3.63, 3.8) is 0 Å². The fourth-order valence-electron chi connectivity index (χ4n) is 3.13. The summed E-state index contributed by atoms with van der Waals surface area (Å²) in [5.41, 5.74) is 4.92. The smallest absolute Gasteiger partial charge is 0.256 e. The lowest BCUT2D eigenvalue weighted by molar-refractivity contribution is -0.110. The molecule has 25 heavy (non-hydrogen) atoms. The van der Waals surface area contributed by atoms with Gasteiger partial charge in [0.15, 0.2) is 0 Å². The maximum absolute atomic E-state index is 12.4. The normalized spacial score (nSPS) is 14.9. The maximum atomic E-state index is 12.4. The first kappa shape index (κ1) is 16.2. The number of hydrogen-bond acceptors (Lipinski definition) is 2. The van der Waals surface area contributed by atoms with Gasteiger partial charge in [-0.3, -0.25) is 4.79 Å². The lowest BCUT2D eigenvalue weighted by Gasteiger charge is -2.05. The molecule has 1 aliphatic rings. The fourth-order valence-corrected chi connectivity index (χ4v) is 3.75. The molecule has 4 rings (SSSR count). The van der Waals surface area contributed by atoms with Gasteiger partial charge in [-0.2, -0.15) is 0 Å². The number of nitrogens with one attached hydrogen (secondary N) is 2. The van der Waals surface area contributed by atoms with E-state index in [0.29, 0.717) is 10.7 Å². The van der Waals surface area contributed by atoms with Crippen molar-refractivity contribution in [3.8, 4) is 5.75 Å². The van der Waals surface area contributed by atoms with Crippen LogP contribution >= 0.6 is 27.5 Å². The molecule has 4 nitrogen and oxygen atoms in total. The number of benzene rings is 2. The zero-order chi connectivity index (χ0) is 17.7. The van der Waals surface area contributed by atoms with Gasteiger partial charge in [-0.15, -0.1) is 0 Å². The quantitative estimate of drug-likeness (QED) is 0.549. The summed E-state index contributed by atoms with van der Waals surface area (Å²) in [4.78, 5) is 15.6. The summed E-state index contributed by atoms with van der Waals surface area (Å²) in [7, 11) is 1.64. The first-order valence-electron chi connectivity index (χ1n) is 7.66. The first-order valence-corrected chi connectivity index (χ1v) is 8.84. The van der Waals surface area contributed by atoms with Crippen LogP contribution in [0.2, 0.25) is 5.15 Å². The molecule has 1 aromatic heterocycles. The van der Waals surface area contributed by atoms with Gasteiger partial charge in [0.2, 0.25) is 0 Å². The third kappa shape index (κ3) is 2.64. The summed E-state index contributed by atoms with van der Waals surface area (Å²) in [6.07, 6.45) is 1.82.